The van der Waals surface area contributed by atoms with Crippen LogP contribution in [-0.2, 0) is 11.3 Å². The predicted molar refractivity (Wildman–Crippen MR) is 148 cm³/mol. The van der Waals surface area contributed by atoms with Crippen molar-refractivity contribution in [1.29, 1.82) is 0 Å². The minimum Gasteiger partial charge on any atom is -0.490 e. The molecule has 4 aromatic rings. The third-order valence-electron chi connectivity index (χ3n) is 6.83. The van der Waals surface area contributed by atoms with Crippen molar-refractivity contribution in [2.24, 2.45) is 0 Å². The third kappa shape index (κ3) is 5.82. The van der Waals surface area contributed by atoms with Gasteiger partial charge in [-0.2, -0.15) is 0 Å². The summed E-state index contributed by atoms with van der Waals surface area (Å²) in [5.74, 6) is 1.34. The summed E-state index contributed by atoms with van der Waals surface area (Å²) in [7, 11) is 0. The van der Waals surface area contributed by atoms with Crippen LogP contribution in [0.5, 0.6) is 5.75 Å². The van der Waals surface area contributed by atoms with E-state index in [4.69, 9.17) is 14.0 Å². The van der Waals surface area contributed by atoms with Crippen molar-refractivity contribution < 1.29 is 18.8 Å². The zero-order valence-electron chi connectivity index (χ0n) is 23.1. The second-order valence-corrected chi connectivity index (χ2v) is 11.0. The Morgan fingerprint density at radius 1 is 1.10 bits per heavy atom. The molecular formula is C30H34N4O5. The average molecular weight is 531 g/mol. The number of fused-ring (bicyclic) bond motifs is 1. The Kier molecular flexibility index (Phi) is 7.16. The van der Waals surface area contributed by atoms with Crippen LogP contribution in [0.15, 0.2) is 58.0 Å². The van der Waals surface area contributed by atoms with Gasteiger partial charge in [0, 0.05) is 49.8 Å². The van der Waals surface area contributed by atoms with E-state index in [0.717, 1.165) is 33.4 Å². The number of likely N-dealkylation sites (tertiary alicyclic amines) is 1. The highest BCUT2D eigenvalue weighted by Gasteiger charge is 2.29. The number of aryl methyl sites for hydroxylation is 2. The van der Waals surface area contributed by atoms with Gasteiger partial charge in [0.25, 0.3) is 5.56 Å². The van der Waals surface area contributed by atoms with Gasteiger partial charge in [-0.1, -0.05) is 11.2 Å². The molecule has 1 aliphatic rings. The molecule has 0 aliphatic carbocycles. The highest BCUT2D eigenvalue weighted by atomic mass is 16.6. The maximum Gasteiger partial charge on any atom is 0.410 e. The average Bonchev–Trinajstić information content (AvgIpc) is 3.23. The van der Waals surface area contributed by atoms with Crippen LogP contribution >= 0.6 is 0 Å². The number of piperidine rings is 1. The Bertz CT molecular complexity index is 1520. The number of rotatable bonds is 5. The molecule has 0 unspecified atom stereocenters. The third-order valence-corrected chi connectivity index (χ3v) is 6.83. The number of aromatic nitrogens is 3. The molecule has 0 radical (unpaired) electrons. The lowest BCUT2D eigenvalue weighted by Gasteiger charge is -2.33. The van der Waals surface area contributed by atoms with E-state index >= 15 is 0 Å². The van der Waals surface area contributed by atoms with E-state index in [1.54, 1.807) is 21.7 Å². The second kappa shape index (κ2) is 10.6. The van der Waals surface area contributed by atoms with Gasteiger partial charge in [0.1, 0.15) is 23.2 Å². The normalized spacial score (nSPS) is 14.5. The fourth-order valence-electron chi connectivity index (χ4n) is 4.96. The Morgan fingerprint density at radius 2 is 1.87 bits per heavy atom. The number of nitrogens with zero attached hydrogens (tertiary/aromatic N) is 4. The largest absolute Gasteiger partial charge is 0.490 e. The van der Waals surface area contributed by atoms with E-state index in [1.165, 1.54) is 0 Å². The lowest BCUT2D eigenvalue weighted by molar-refractivity contribution is 0.0127. The lowest BCUT2D eigenvalue weighted by Crippen LogP contribution is -2.44. The van der Waals surface area contributed by atoms with Crippen LogP contribution in [0.1, 0.15) is 50.8 Å². The molecule has 9 heteroatoms. The number of benzene rings is 1. The van der Waals surface area contributed by atoms with Crippen LogP contribution in [0.2, 0.25) is 0 Å². The highest BCUT2D eigenvalue weighted by Crippen LogP contribution is 2.39. The molecule has 1 saturated heterocycles. The number of ether oxygens (including phenoxy) is 2. The van der Waals surface area contributed by atoms with Crippen molar-refractivity contribution in [1.82, 2.24) is 19.6 Å². The van der Waals surface area contributed by atoms with E-state index < -0.39 is 5.60 Å². The van der Waals surface area contributed by atoms with Crippen LogP contribution < -0.4 is 10.3 Å². The molecule has 5 rings (SSSR count). The number of hydrogen-bond acceptors (Lipinski definition) is 7. The topological polar surface area (TPSA) is 99.7 Å². The molecule has 39 heavy (non-hydrogen) atoms. The van der Waals surface area contributed by atoms with Gasteiger partial charge in [-0.25, -0.2) is 4.79 Å². The number of pyridine rings is 2. The summed E-state index contributed by atoms with van der Waals surface area (Å²) in [4.78, 5) is 31.7. The van der Waals surface area contributed by atoms with Gasteiger partial charge in [0.05, 0.1) is 29.0 Å². The quantitative estimate of drug-likeness (QED) is 0.336. The van der Waals surface area contributed by atoms with Gasteiger partial charge in [0.2, 0.25) is 0 Å². The van der Waals surface area contributed by atoms with E-state index in [1.807, 2.05) is 71.0 Å². The molecule has 1 fully saturated rings. The van der Waals surface area contributed by atoms with Crippen molar-refractivity contribution >= 4 is 17.0 Å². The Morgan fingerprint density at radius 3 is 2.51 bits per heavy atom. The molecule has 9 nitrogen and oxygen atoms in total. The van der Waals surface area contributed by atoms with Crippen molar-refractivity contribution in [3.05, 3.63) is 76.2 Å². The standard InChI is InChI=1S/C30H34N4O5/c1-19-28(20(2)39-32-19)24-16-21-9-10-27(35)34(18-22-8-6-7-13-31-22)25(21)17-26(24)37-23-11-14-33(15-12-23)29(36)38-30(3,4)5/h6-10,13,16-17,23H,11-12,14-15,18H2,1-5H3. The number of hydrogen-bond donors (Lipinski definition) is 0. The van der Waals surface area contributed by atoms with E-state index in [0.29, 0.717) is 44.0 Å². The van der Waals surface area contributed by atoms with E-state index in [9.17, 15) is 9.59 Å². The summed E-state index contributed by atoms with van der Waals surface area (Å²) in [5.41, 5.74) is 3.39. The molecule has 1 aliphatic heterocycles. The maximum absolute atomic E-state index is 13.0. The maximum atomic E-state index is 13.0. The number of amides is 1. The van der Waals surface area contributed by atoms with Crippen molar-refractivity contribution in [2.45, 2.75) is 65.7 Å². The molecular weight excluding hydrogens is 496 g/mol. The van der Waals surface area contributed by atoms with E-state index in [-0.39, 0.29) is 17.8 Å². The summed E-state index contributed by atoms with van der Waals surface area (Å²) in [6, 6.07) is 13.0. The van der Waals surface area contributed by atoms with Gasteiger partial charge < -0.3 is 23.5 Å². The molecule has 1 amide bonds. The molecule has 3 aromatic heterocycles. The number of carbonyl (C=O) groups is 1. The highest BCUT2D eigenvalue weighted by molar-refractivity contribution is 5.89. The monoisotopic (exact) mass is 530 g/mol. The molecule has 0 spiro atoms. The Hall–Kier alpha value is -4.14. The van der Waals surface area contributed by atoms with Crippen LogP contribution in [0.3, 0.4) is 0 Å². The minimum atomic E-state index is -0.538. The summed E-state index contributed by atoms with van der Waals surface area (Å²) < 4.78 is 19.4. The molecule has 0 bridgehead atoms. The Balaban J connectivity index is 1.50. The summed E-state index contributed by atoms with van der Waals surface area (Å²) in [6.45, 7) is 10.8. The van der Waals surface area contributed by atoms with Gasteiger partial charge in [-0.05, 0) is 64.3 Å². The number of carbonyl (C=O) groups excluding carboxylic acids is 1. The summed E-state index contributed by atoms with van der Waals surface area (Å²) >= 11 is 0. The van der Waals surface area contributed by atoms with Crippen LogP contribution in [0, 0.1) is 13.8 Å². The molecule has 0 N–H and O–H groups in total. The zero-order valence-corrected chi connectivity index (χ0v) is 23.1. The molecule has 0 saturated carbocycles. The molecule has 1 aromatic carbocycles. The first-order valence-electron chi connectivity index (χ1n) is 13.2. The van der Waals surface area contributed by atoms with Crippen molar-refractivity contribution in [3.63, 3.8) is 0 Å². The van der Waals surface area contributed by atoms with Gasteiger partial charge in [-0.3, -0.25) is 9.78 Å². The first-order chi connectivity index (χ1) is 18.6. The first-order valence-corrected chi connectivity index (χ1v) is 13.2. The fourth-order valence-corrected chi connectivity index (χ4v) is 4.96. The SMILES string of the molecule is Cc1noc(C)c1-c1cc2ccc(=O)n(Cc3ccccn3)c2cc1OC1CCN(C(=O)OC(C)(C)C)CC1. The van der Waals surface area contributed by atoms with Crippen LogP contribution in [0.4, 0.5) is 4.79 Å². The van der Waals surface area contributed by atoms with Crippen LogP contribution in [0.25, 0.3) is 22.0 Å². The first kappa shape index (κ1) is 26.5. The predicted octanol–water partition coefficient (Wildman–Crippen LogP) is 5.49. The zero-order chi connectivity index (χ0) is 27.7. The molecule has 4 heterocycles. The van der Waals surface area contributed by atoms with E-state index in [2.05, 4.69) is 10.1 Å². The summed E-state index contributed by atoms with van der Waals surface area (Å²) in [6.07, 6.45) is 2.63. The molecule has 204 valence electrons. The lowest BCUT2D eigenvalue weighted by atomic mass is 9.99. The van der Waals surface area contributed by atoms with Gasteiger partial charge in [-0.15, -0.1) is 0 Å². The second-order valence-electron chi connectivity index (χ2n) is 11.0. The fraction of sp³-hybridized carbons (Fsp3) is 0.400. The van der Waals surface area contributed by atoms with Gasteiger partial charge >= 0.3 is 6.09 Å². The minimum absolute atomic E-state index is 0.111. The van der Waals surface area contributed by atoms with Crippen molar-refractivity contribution in [3.8, 4) is 16.9 Å². The Labute approximate surface area is 227 Å². The molecule has 0 atom stereocenters. The van der Waals surface area contributed by atoms with Gasteiger partial charge in [0.15, 0.2) is 0 Å². The smallest absolute Gasteiger partial charge is 0.410 e. The van der Waals surface area contributed by atoms with Crippen LogP contribution in [-0.4, -0.2) is 50.5 Å². The summed E-state index contributed by atoms with van der Waals surface area (Å²) in [5, 5.41) is 5.05. The van der Waals surface area contributed by atoms with Crippen molar-refractivity contribution in [2.75, 3.05) is 13.1 Å².